The molecule has 3 N–H and O–H groups in total. The van der Waals surface area contributed by atoms with Gasteiger partial charge in [-0.1, -0.05) is 39.4 Å². The van der Waals surface area contributed by atoms with Gasteiger partial charge in [0.25, 0.3) is 0 Å². The third-order valence-corrected chi connectivity index (χ3v) is 9.73. The Balaban J connectivity index is 0.00000361. The number of rotatable bonds is 8. The maximum Gasteiger partial charge on any atom is 0.242 e. The molecule has 36 heavy (non-hydrogen) atoms. The Morgan fingerprint density at radius 2 is 1.94 bits per heavy atom. The smallest absolute Gasteiger partial charge is 0.242 e. The van der Waals surface area contributed by atoms with Gasteiger partial charge in [-0.25, -0.2) is 4.98 Å². The van der Waals surface area contributed by atoms with Crippen LogP contribution in [-0.2, 0) is 24.5 Å². The molecule has 1 aromatic rings. The first-order valence-corrected chi connectivity index (χ1v) is 16.9. The van der Waals surface area contributed by atoms with E-state index < -0.39 is 19.5 Å². The Labute approximate surface area is 222 Å². The number of nitrogens with two attached hydrogens (primary N) is 1. The number of pyridine rings is 1. The number of nitrogens with one attached hydrogen (secondary N) is 1. The first-order valence-electron chi connectivity index (χ1n) is 13.2. The van der Waals surface area contributed by atoms with Crippen molar-refractivity contribution in [1.82, 2.24) is 4.98 Å². The Bertz CT molecular complexity index is 927. The Morgan fingerprint density at radius 3 is 2.58 bits per heavy atom. The first kappa shape index (κ1) is 29.0. The SMILES string of the molecule is CC1CCC([C@H](N)C(=O)Nc2cc3c(cn2)C2(CCOCC2)C(=O)N3COCC[Si](C)(C)C)CC1.Cl. The van der Waals surface area contributed by atoms with Crippen molar-refractivity contribution >= 4 is 43.8 Å². The van der Waals surface area contributed by atoms with Crippen LogP contribution in [-0.4, -0.2) is 57.5 Å². The van der Waals surface area contributed by atoms with Gasteiger partial charge in [-0.3, -0.25) is 14.5 Å². The molecule has 1 saturated carbocycles. The number of anilines is 2. The number of hydrogen-bond acceptors (Lipinski definition) is 6. The zero-order valence-electron chi connectivity index (χ0n) is 22.2. The zero-order valence-corrected chi connectivity index (χ0v) is 24.0. The summed E-state index contributed by atoms with van der Waals surface area (Å²) >= 11 is 0. The summed E-state index contributed by atoms with van der Waals surface area (Å²) < 4.78 is 11.6. The number of halogens is 1. The molecule has 3 heterocycles. The summed E-state index contributed by atoms with van der Waals surface area (Å²) in [6.45, 7) is 11.1. The van der Waals surface area contributed by atoms with Crippen molar-refractivity contribution < 1.29 is 19.1 Å². The van der Waals surface area contributed by atoms with Gasteiger partial charge in [-0.05, 0) is 43.6 Å². The van der Waals surface area contributed by atoms with Crippen LogP contribution >= 0.6 is 12.4 Å². The molecular formula is C26H43ClN4O4Si. The van der Waals surface area contributed by atoms with E-state index in [1.165, 1.54) is 0 Å². The lowest BCUT2D eigenvalue weighted by Gasteiger charge is -2.32. The lowest BCUT2D eigenvalue weighted by Crippen LogP contribution is -2.44. The Morgan fingerprint density at radius 1 is 1.28 bits per heavy atom. The average Bonchev–Trinajstić information content (AvgIpc) is 3.03. The second-order valence-corrected chi connectivity index (χ2v) is 17.5. The molecule has 10 heteroatoms. The number of amides is 2. The van der Waals surface area contributed by atoms with Crippen LogP contribution in [0.3, 0.4) is 0 Å². The fourth-order valence-corrected chi connectivity index (χ4v) is 6.28. The zero-order chi connectivity index (χ0) is 25.2. The van der Waals surface area contributed by atoms with E-state index in [0.717, 1.165) is 43.0 Å². The summed E-state index contributed by atoms with van der Waals surface area (Å²) in [6.07, 6.45) is 7.20. The molecule has 0 aromatic carbocycles. The van der Waals surface area contributed by atoms with Gasteiger partial charge in [0.1, 0.15) is 12.5 Å². The summed E-state index contributed by atoms with van der Waals surface area (Å²) in [4.78, 5) is 32.9. The molecule has 2 fully saturated rings. The van der Waals surface area contributed by atoms with Crippen molar-refractivity contribution in [2.45, 2.75) is 82.6 Å². The van der Waals surface area contributed by atoms with E-state index in [1.807, 2.05) is 6.07 Å². The van der Waals surface area contributed by atoms with Crippen LogP contribution in [0.15, 0.2) is 12.3 Å². The van der Waals surface area contributed by atoms with Crippen LogP contribution in [0.5, 0.6) is 0 Å². The Kier molecular flexibility index (Phi) is 9.60. The molecule has 1 spiro atoms. The highest BCUT2D eigenvalue weighted by atomic mass is 35.5. The fraction of sp³-hybridized carbons (Fsp3) is 0.731. The topological polar surface area (TPSA) is 107 Å². The number of ether oxygens (including phenoxy) is 2. The minimum Gasteiger partial charge on any atom is -0.381 e. The van der Waals surface area contributed by atoms with Gasteiger partial charge in [0.15, 0.2) is 0 Å². The summed E-state index contributed by atoms with van der Waals surface area (Å²) in [5.74, 6) is 1.16. The monoisotopic (exact) mass is 538 g/mol. The quantitative estimate of drug-likeness (QED) is 0.377. The first-order chi connectivity index (χ1) is 16.6. The second kappa shape index (κ2) is 11.9. The lowest BCUT2D eigenvalue weighted by molar-refractivity contribution is -0.127. The molecular weight excluding hydrogens is 496 g/mol. The highest BCUT2D eigenvalue weighted by Crippen LogP contribution is 2.48. The maximum absolute atomic E-state index is 13.7. The van der Waals surface area contributed by atoms with E-state index in [0.29, 0.717) is 44.4 Å². The summed E-state index contributed by atoms with van der Waals surface area (Å²) in [5, 5.41) is 2.92. The standard InChI is InChI=1S/C26H42N4O4Si.ClH/c1-18-5-7-19(8-6-18)23(27)24(31)29-22-15-21-20(16-28-22)26(9-11-33-12-10-26)25(32)30(21)17-34-13-14-35(2,3)4;/h15-16,18-19,23H,5-14,17,27H2,1-4H3,(H,28,29,31);1H/t18?,19?,23-;/m0./s1. The van der Waals surface area contributed by atoms with Gasteiger partial charge >= 0.3 is 0 Å². The summed E-state index contributed by atoms with van der Waals surface area (Å²) in [5.41, 5.74) is 7.39. The highest BCUT2D eigenvalue weighted by molar-refractivity contribution is 6.76. The van der Waals surface area contributed by atoms with Crippen molar-refractivity contribution in [3.8, 4) is 0 Å². The number of nitrogens with zero attached hydrogens (tertiary/aromatic N) is 2. The number of fused-ring (bicyclic) bond motifs is 2. The molecule has 0 unspecified atom stereocenters. The highest BCUT2D eigenvalue weighted by Gasteiger charge is 2.52. The van der Waals surface area contributed by atoms with Gasteiger partial charge in [-0.15, -0.1) is 12.4 Å². The van der Waals surface area contributed by atoms with Crippen LogP contribution < -0.4 is 16.0 Å². The molecule has 1 aromatic heterocycles. The predicted molar refractivity (Wildman–Crippen MR) is 147 cm³/mol. The number of carbonyl (C=O) groups is 2. The molecule has 202 valence electrons. The van der Waals surface area contributed by atoms with Crippen molar-refractivity contribution in [3.63, 3.8) is 0 Å². The van der Waals surface area contributed by atoms with Crippen LogP contribution in [0.4, 0.5) is 11.5 Å². The fourth-order valence-electron chi connectivity index (χ4n) is 5.52. The minimum atomic E-state index is -1.23. The van der Waals surface area contributed by atoms with Gasteiger partial charge < -0.3 is 20.5 Å². The van der Waals surface area contributed by atoms with E-state index in [9.17, 15) is 9.59 Å². The third-order valence-electron chi connectivity index (χ3n) is 8.03. The van der Waals surface area contributed by atoms with Gasteiger partial charge in [-0.2, -0.15) is 0 Å². The van der Waals surface area contributed by atoms with Crippen molar-refractivity contribution in [3.05, 3.63) is 17.8 Å². The van der Waals surface area contributed by atoms with E-state index in [4.69, 9.17) is 15.2 Å². The molecule has 8 nitrogen and oxygen atoms in total. The van der Waals surface area contributed by atoms with Crippen molar-refractivity contribution in [1.29, 1.82) is 0 Å². The molecule has 2 amide bonds. The average molecular weight is 539 g/mol. The maximum atomic E-state index is 13.7. The van der Waals surface area contributed by atoms with Crippen LogP contribution in [0.25, 0.3) is 0 Å². The molecule has 1 atom stereocenters. The Hall–Kier alpha value is -1.52. The number of carbonyl (C=O) groups excluding carboxylic acids is 2. The van der Waals surface area contributed by atoms with E-state index >= 15 is 0 Å². The number of hydrogen-bond donors (Lipinski definition) is 2. The van der Waals surface area contributed by atoms with Gasteiger partial charge in [0.05, 0.1) is 17.1 Å². The van der Waals surface area contributed by atoms with Crippen LogP contribution in [0.1, 0.15) is 51.0 Å². The predicted octanol–water partition coefficient (Wildman–Crippen LogP) is 4.30. The van der Waals surface area contributed by atoms with E-state index in [1.54, 1.807) is 11.1 Å². The second-order valence-electron chi connectivity index (χ2n) is 11.9. The van der Waals surface area contributed by atoms with Gasteiger partial charge in [0.2, 0.25) is 11.8 Å². The summed E-state index contributed by atoms with van der Waals surface area (Å²) in [7, 11) is -1.23. The third kappa shape index (κ3) is 6.30. The molecule has 1 saturated heterocycles. The molecule has 1 aliphatic carbocycles. The van der Waals surface area contributed by atoms with E-state index in [-0.39, 0.29) is 36.9 Å². The van der Waals surface area contributed by atoms with Gasteiger partial charge in [0, 0.05) is 45.7 Å². The number of aromatic nitrogens is 1. The molecule has 0 radical (unpaired) electrons. The molecule has 0 bridgehead atoms. The van der Waals surface area contributed by atoms with Crippen LogP contribution in [0.2, 0.25) is 25.7 Å². The van der Waals surface area contributed by atoms with E-state index in [2.05, 4.69) is 36.9 Å². The lowest BCUT2D eigenvalue weighted by atomic mass is 9.76. The van der Waals surface area contributed by atoms with Crippen molar-refractivity contribution in [2.24, 2.45) is 17.6 Å². The minimum absolute atomic E-state index is 0. The van der Waals surface area contributed by atoms with Crippen molar-refractivity contribution in [2.75, 3.05) is 36.8 Å². The largest absolute Gasteiger partial charge is 0.381 e. The molecule has 4 rings (SSSR count). The molecule has 2 aliphatic heterocycles. The van der Waals surface area contributed by atoms with Crippen LogP contribution in [0, 0.1) is 11.8 Å². The summed E-state index contributed by atoms with van der Waals surface area (Å²) in [6, 6.07) is 2.30. The normalized spacial score (nSPS) is 24.2. The molecule has 3 aliphatic rings.